The van der Waals surface area contributed by atoms with Crippen molar-refractivity contribution in [1.29, 1.82) is 0 Å². The van der Waals surface area contributed by atoms with Crippen LogP contribution in [0.3, 0.4) is 0 Å². The van der Waals surface area contributed by atoms with Crippen LogP contribution in [0.25, 0.3) is 0 Å². The maximum atomic E-state index is 12.6. The number of benzene rings is 1. The molecule has 0 bridgehead atoms. The predicted molar refractivity (Wildman–Crippen MR) is 67.8 cm³/mol. The van der Waals surface area contributed by atoms with Crippen LogP contribution in [0.4, 0.5) is 13.2 Å². The summed E-state index contributed by atoms with van der Waals surface area (Å²) in [5.41, 5.74) is 5.37. The molecule has 1 aromatic carbocycles. The second-order valence-electron chi connectivity index (χ2n) is 4.03. The first-order valence-electron chi connectivity index (χ1n) is 5.29. The van der Waals surface area contributed by atoms with E-state index in [0.29, 0.717) is 17.0 Å². The van der Waals surface area contributed by atoms with Gasteiger partial charge in [-0.25, -0.2) is 0 Å². The number of rotatable bonds is 4. The van der Waals surface area contributed by atoms with Gasteiger partial charge in [-0.05, 0) is 23.6 Å². The van der Waals surface area contributed by atoms with E-state index in [9.17, 15) is 13.2 Å². The summed E-state index contributed by atoms with van der Waals surface area (Å²) in [7, 11) is 1.34. The summed E-state index contributed by atoms with van der Waals surface area (Å²) < 4.78 is 42.7. The maximum Gasteiger partial charge on any atom is 0.416 e. The number of hydrogen-bond acceptors (Lipinski definition) is 2. The highest BCUT2D eigenvalue weighted by Crippen LogP contribution is 2.36. The number of nitrogens with two attached hydrogens (primary N) is 1. The Labute approximate surface area is 109 Å². The van der Waals surface area contributed by atoms with Crippen LogP contribution in [-0.2, 0) is 6.18 Å². The third-order valence-corrected chi connectivity index (χ3v) is 2.77. The van der Waals surface area contributed by atoms with Gasteiger partial charge in [0, 0.05) is 6.42 Å². The Morgan fingerprint density at radius 3 is 2.50 bits per heavy atom. The van der Waals surface area contributed by atoms with Crippen molar-refractivity contribution in [3.8, 4) is 5.75 Å². The van der Waals surface area contributed by atoms with Crippen LogP contribution in [0.15, 0.2) is 18.2 Å². The average molecular weight is 277 g/mol. The summed E-state index contributed by atoms with van der Waals surface area (Å²) in [4.78, 5) is 0.324. The highest BCUT2D eigenvalue weighted by Gasteiger charge is 2.31. The third kappa shape index (κ3) is 3.60. The van der Waals surface area contributed by atoms with Gasteiger partial charge >= 0.3 is 6.18 Å². The molecule has 6 heteroatoms. The van der Waals surface area contributed by atoms with Crippen LogP contribution < -0.4 is 10.5 Å². The first kappa shape index (κ1) is 14.8. The summed E-state index contributed by atoms with van der Waals surface area (Å²) in [6.07, 6.45) is -3.95. The molecule has 100 valence electrons. The zero-order valence-electron chi connectivity index (χ0n) is 10.0. The topological polar surface area (TPSA) is 35.2 Å². The predicted octanol–water partition coefficient (Wildman–Crippen LogP) is 3.49. The number of alkyl halides is 3. The van der Waals surface area contributed by atoms with Gasteiger partial charge in [-0.2, -0.15) is 13.2 Å². The molecule has 0 fully saturated rings. The molecule has 2 N–H and O–H groups in total. The molecule has 0 aliphatic heterocycles. The van der Waals surface area contributed by atoms with Crippen LogP contribution >= 0.6 is 12.2 Å². The molecule has 1 aromatic rings. The Bertz CT molecular complexity index is 445. The quantitative estimate of drug-likeness (QED) is 0.856. The molecular formula is C12H14F3NOS. The molecule has 2 nitrogen and oxygen atoms in total. The molecular weight excluding hydrogens is 263 g/mol. The van der Waals surface area contributed by atoms with Crippen molar-refractivity contribution in [1.82, 2.24) is 0 Å². The van der Waals surface area contributed by atoms with E-state index in [1.54, 1.807) is 0 Å². The van der Waals surface area contributed by atoms with E-state index in [0.717, 1.165) is 12.1 Å². The van der Waals surface area contributed by atoms with Crippen molar-refractivity contribution in [3.63, 3.8) is 0 Å². The minimum Gasteiger partial charge on any atom is -0.496 e. The second-order valence-corrected chi connectivity index (χ2v) is 4.55. The fourth-order valence-electron chi connectivity index (χ4n) is 1.71. The smallest absolute Gasteiger partial charge is 0.416 e. The molecule has 1 unspecified atom stereocenters. The molecule has 0 saturated heterocycles. The van der Waals surface area contributed by atoms with Crippen molar-refractivity contribution in [2.45, 2.75) is 25.4 Å². The Kier molecular flexibility index (Phi) is 4.56. The molecule has 18 heavy (non-hydrogen) atoms. The lowest BCUT2D eigenvalue weighted by molar-refractivity contribution is -0.137. The van der Waals surface area contributed by atoms with E-state index in [-0.39, 0.29) is 11.7 Å². The van der Waals surface area contributed by atoms with Crippen LogP contribution in [-0.4, -0.2) is 12.1 Å². The van der Waals surface area contributed by atoms with Crippen LogP contribution in [0.1, 0.15) is 30.4 Å². The first-order chi connectivity index (χ1) is 8.25. The molecule has 0 aliphatic carbocycles. The summed E-state index contributed by atoms with van der Waals surface area (Å²) in [6.45, 7) is 1.84. The van der Waals surface area contributed by atoms with Crippen LogP contribution in [0, 0.1) is 0 Å². The van der Waals surface area contributed by atoms with Crippen molar-refractivity contribution in [2.24, 2.45) is 5.73 Å². The van der Waals surface area contributed by atoms with Crippen molar-refractivity contribution in [2.75, 3.05) is 7.11 Å². The summed E-state index contributed by atoms with van der Waals surface area (Å²) >= 11 is 4.79. The molecule has 0 aromatic heterocycles. The van der Waals surface area contributed by atoms with Crippen molar-refractivity contribution < 1.29 is 17.9 Å². The number of thiocarbonyl (C=S) groups is 1. The molecule has 1 rings (SSSR count). The number of halogens is 3. The van der Waals surface area contributed by atoms with E-state index in [1.165, 1.54) is 13.2 Å². The van der Waals surface area contributed by atoms with Gasteiger partial charge in [0.15, 0.2) is 0 Å². The Morgan fingerprint density at radius 2 is 2.06 bits per heavy atom. The Balaban J connectivity index is 3.11. The highest BCUT2D eigenvalue weighted by molar-refractivity contribution is 7.80. The number of hydrogen-bond donors (Lipinski definition) is 1. The van der Waals surface area contributed by atoms with Crippen LogP contribution in [0.5, 0.6) is 5.75 Å². The molecule has 1 atom stereocenters. The fourth-order valence-corrected chi connectivity index (χ4v) is 1.96. The molecule has 0 spiro atoms. The minimum absolute atomic E-state index is 0.0836. The molecule has 0 heterocycles. The van der Waals surface area contributed by atoms with Gasteiger partial charge in [0.05, 0.1) is 17.7 Å². The summed E-state index contributed by atoms with van der Waals surface area (Å²) in [5, 5.41) is 0. The SMILES string of the molecule is COc1cc(C(F)(F)F)ccc1C(C)CC(N)=S. The standard InChI is InChI=1S/C12H14F3NOS/c1-7(5-11(16)18)9-4-3-8(12(13,14)15)6-10(9)17-2/h3-4,6-7H,5H2,1-2H3,(H2,16,18). The maximum absolute atomic E-state index is 12.6. The van der Waals surface area contributed by atoms with E-state index in [2.05, 4.69) is 0 Å². The highest BCUT2D eigenvalue weighted by atomic mass is 32.1. The number of methoxy groups -OCH3 is 1. The zero-order chi connectivity index (χ0) is 13.9. The van der Waals surface area contributed by atoms with Gasteiger partial charge < -0.3 is 10.5 Å². The van der Waals surface area contributed by atoms with Gasteiger partial charge in [-0.3, -0.25) is 0 Å². The monoisotopic (exact) mass is 277 g/mol. The molecule has 0 radical (unpaired) electrons. The van der Waals surface area contributed by atoms with Gasteiger partial charge in [0.1, 0.15) is 5.75 Å². The van der Waals surface area contributed by atoms with Crippen molar-refractivity contribution in [3.05, 3.63) is 29.3 Å². The Hall–Kier alpha value is -1.30. The van der Waals surface area contributed by atoms with Crippen LogP contribution in [0.2, 0.25) is 0 Å². The summed E-state index contributed by atoms with van der Waals surface area (Å²) in [6, 6.07) is 3.43. The van der Waals surface area contributed by atoms with Gasteiger partial charge in [0.25, 0.3) is 0 Å². The lowest BCUT2D eigenvalue weighted by Crippen LogP contribution is -2.12. The zero-order valence-corrected chi connectivity index (χ0v) is 10.9. The van der Waals surface area contributed by atoms with Gasteiger partial charge in [0.2, 0.25) is 0 Å². The second kappa shape index (κ2) is 5.56. The van der Waals surface area contributed by atoms with Gasteiger partial charge in [-0.15, -0.1) is 0 Å². The Morgan fingerprint density at radius 1 is 1.44 bits per heavy atom. The van der Waals surface area contributed by atoms with E-state index < -0.39 is 11.7 Å². The lowest BCUT2D eigenvalue weighted by Gasteiger charge is -2.17. The number of ether oxygens (including phenoxy) is 1. The van der Waals surface area contributed by atoms with Gasteiger partial charge in [-0.1, -0.05) is 25.2 Å². The lowest BCUT2D eigenvalue weighted by atomic mass is 9.95. The average Bonchev–Trinajstić information content (AvgIpc) is 2.26. The molecule has 0 aliphatic rings. The van der Waals surface area contributed by atoms with Crippen molar-refractivity contribution >= 4 is 17.2 Å². The normalized spacial score (nSPS) is 13.2. The third-order valence-electron chi connectivity index (χ3n) is 2.60. The largest absolute Gasteiger partial charge is 0.496 e. The fraction of sp³-hybridized carbons (Fsp3) is 0.417. The van der Waals surface area contributed by atoms with E-state index in [4.69, 9.17) is 22.7 Å². The van der Waals surface area contributed by atoms with E-state index >= 15 is 0 Å². The summed E-state index contributed by atoms with van der Waals surface area (Å²) in [5.74, 6) is 0.119. The van der Waals surface area contributed by atoms with E-state index in [1.807, 2.05) is 6.92 Å². The minimum atomic E-state index is -4.38. The molecule has 0 saturated carbocycles. The molecule has 0 amide bonds. The first-order valence-corrected chi connectivity index (χ1v) is 5.70.